The van der Waals surface area contributed by atoms with E-state index in [-0.39, 0.29) is 5.56 Å². The number of nitrogens with zero attached hydrogens (tertiary/aromatic N) is 1. The lowest BCUT2D eigenvalue weighted by Gasteiger charge is -2.27. The number of amides is 1. The second kappa shape index (κ2) is 5.67. The molecular weight excluding hydrogens is 411 g/mol. The first-order valence-electron chi connectivity index (χ1n) is 8.56. The molecule has 3 fully saturated rings. The maximum Gasteiger partial charge on any atom is 0.269 e. The first-order valence-corrected chi connectivity index (χ1v) is 10.8. The number of anilines is 1. The Kier molecular flexibility index (Phi) is 3.92. The molecule has 1 aromatic rings. The van der Waals surface area contributed by atoms with Gasteiger partial charge in [-0.25, -0.2) is 17.5 Å². The number of rotatable bonds is 4. The minimum atomic E-state index is -3.81. The standard InChI is InChI=1S/C17H20BrFN2O3S/c1-17(6-7-17)25(23,24)20-16(22)15-13(19)8-10(18)9-14(15)21-11-2-3-12(21)5-4-11/h8-9,11-12H,2-7H2,1H3,(H,20,22). The largest absolute Gasteiger partial charge is 0.365 e. The summed E-state index contributed by atoms with van der Waals surface area (Å²) in [6, 6.07) is 3.52. The molecule has 2 aliphatic heterocycles. The van der Waals surface area contributed by atoms with Crippen LogP contribution in [0.4, 0.5) is 10.1 Å². The first kappa shape index (κ1) is 17.3. The average molecular weight is 431 g/mol. The van der Waals surface area contributed by atoms with E-state index in [9.17, 15) is 17.6 Å². The summed E-state index contributed by atoms with van der Waals surface area (Å²) >= 11 is 3.29. The molecule has 2 bridgehead atoms. The van der Waals surface area contributed by atoms with Gasteiger partial charge in [-0.2, -0.15) is 0 Å². The lowest BCUT2D eigenvalue weighted by Crippen LogP contribution is -2.40. The minimum absolute atomic E-state index is 0.171. The van der Waals surface area contributed by atoms with E-state index >= 15 is 0 Å². The van der Waals surface area contributed by atoms with Gasteiger partial charge in [-0.3, -0.25) is 4.79 Å². The van der Waals surface area contributed by atoms with E-state index in [1.807, 2.05) is 0 Å². The highest BCUT2D eigenvalue weighted by Crippen LogP contribution is 2.44. The van der Waals surface area contributed by atoms with Crippen LogP contribution in [0.3, 0.4) is 0 Å². The van der Waals surface area contributed by atoms with Crippen LogP contribution in [0.5, 0.6) is 0 Å². The summed E-state index contributed by atoms with van der Waals surface area (Å²) in [5.74, 6) is -1.58. The molecule has 1 amide bonds. The fourth-order valence-electron chi connectivity index (χ4n) is 4.04. The van der Waals surface area contributed by atoms with Gasteiger partial charge in [0.25, 0.3) is 5.91 Å². The van der Waals surface area contributed by atoms with Gasteiger partial charge in [-0.15, -0.1) is 0 Å². The summed E-state index contributed by atoms with van der Waals surface area (Å²) in [5.41, 5.74) is 0.320. The number of hydrogen-bond acceptors (Lipinski definition) is 4. The second-order valence-electron chi connectivity index (χ2n) is 7.54. The minimum Gasteiger partial charge on any atom is -0.365 e. The van der Waals surface area contributed by atoms with Gasteiger partial charge in [0.15, 0.2) is 0 Å². The van der Waals surface area contributed by atoms with Crippen molar-refractivity contribution in [1.29, 1.82) is 0 Å². The topological polar surface area (TPSA) is 66.5 Å². The zero-order valence-electron chi connectivity index (χ0n) is 13.9. The molecule has 3 aliphatic rings. The molecule has 0 aromatic heterocycles. The molecular formula is C17H20BrFN2O3S. The Morgan fingerprint density at radius 3 is 2.32 bits per heavy atom. The van der Waals surface area contributed by atoms with E-state index in [1.165, 1.54) is 6.07 Å². The fourth-order valence-corrected chi connectivity index (χ4v) is 5.69. The van der Waals surface area contributed by atoms with Crippen LogP contribution in [0.25, 0.3) is 0 Å². The third-order valence-corrected chi connectivity index (χ3v) is 8.44. The summed E-state index contributed by atoms with van der Waals surface area (Å²) in [6.45, 7) is 1.60. The van der Waals surface area contributed by atoms with Crippen LogP contribution in [-0.4, -0.2) is 31.2 Å². The van der Waals surface area contributed by atoms with E-state index in [0.717, 1.165) is 25.7 Å². The molecule has 2 saturated heterocycles. The summed E-state index contributed by atoms with van der Waals surface area (Å²) in [4.78, 5) is 14.8. The van der Waals surface area contributed by atoms with Crippen molar-refractivity contribution in [2.24, 2.45) is 0 Å². The van der Waals surface area contributed by atoms with E-state index in [0.29, 0.717) is 35.1 Å². The number of benzene rings is 1. The van der Waals surface area contributed by atoms with Crippen molar-refractivity contribution >= 4 is 37.5 Å². The SMILES string of the molecule is CC1(S(=O)(=O)NC(=O)c2c(F)cc(Br)cc2N2C3CCC2CC3)CC1. The third kappa shape index (κ3) is 2.77. The Hall–Kier alpha value is -1.15. The van der Waals surface area contributed by atoms with Crippen molar-refractivity contribution in [2.45, 2.75) is 62.3 Å². The van der Waals surface area contributed by atoms with Crippen LogP contribution in [0.2, 0.25) is 0 Å². The molecule has 2 heterocycles. The lowest BCUT2D eigenvalue weighted by molar-refractivity contribution is 0.0977. The highest BCUT2D eigenvalue weighted by atomic mass is 79.9. The van der Waals surface area contributed by atoms with E-state index < -0.39 is 26.5 Å². The summed E-state index contributed by atoms with van der Waals surface area (Å²) in [6.07, 6.45) is 5.13. The van der Waals surface area contributed by atoms with Crippen molar-refractivity contribution in [3.8, 4) is 0 Å². The molecule has 0 unspecified atom stereocenters. The van der Waals surface area contributed by atoms with Crippen LogP contribution in [-0.2, 0) is 10.0 Å². The van der Waals surface area contributed by atoms with Crippen molar-refractivity contribution in [2.75, 3.05) is 4.90 Å². The number of carbonyl (C=O) groups is 1. The van der Waals surface area contributed by atoms with Crippen LogP contribution in [0.15, 0.2) is 16.6 Å². The summed E-state index contributed by atoms with van der Waals surface area (Å²) in [7, 11) is -3.81. The van der Waals surface area contributed by atoms with E-state index in [2.05, 4.69) is 25.6 Å². The van der Waals surface area contributed by atoms with Gasteiger partial charge in [0.05, 0.1) is 16.0 Å². The molecule has 0 spiro atoms. The predicted molar refractivity (Wildman–Crippen MR) is 96.6 cm³/mol. The molecule has 1 aliphatic carbocycles. The highest BCUT2D eigenvalue weighted by Gasteiger charge is 2.51. The van der Waals surface area contributed by atoms with Gasteiger partial charge >= 0.3 is 0 Å². The van der Waals surface area contributed by atoms with Crippen molar-refractivity contribution in [1.82, 2.24) is 4.72 Å². The van der Waals surface area contributed by atoms with Gasteiger partial charge in [0.2, 0.25) is 10.0 Å². The number of halogens is 2. The predicted octanol–water partition coefficient (Wildman–Crippen LogP) is 3.33. The molecule has 0 radical (unpaired) electrons. The molecule has 8 heteroatoms. The number of fused-ring (bicyclic) bond motifs is 2. The molecule has 0 atom stereocenters. The maximum absolute atomic E-state index is 14.7. The number of sulfonamides is 1. The number of hydrogen-bond donors (Lipinski definition) is 1. The summed E-state index contributed by atoms with van der Waals surface area (Å²) in [5, 5.41) is 0. The normalized spacial score (nSPS) is 26.8. The van der Waals surface area contributed by atoms with Gasteiger partial charge in [-0.05, 0) is 57.6 Å². The van der Waals surface area contributed by atoms with Gasteiger partial charge in [0, 0.05) is 16.6 Å². The number of nitrogens with one attached hydrogen (secondary N) is 1. The zero-order chi connectivity index (χ0) is 18.0. The molecule has 1 saturated carbocycles. The Morgan fingerprint density at radius 1 is 1.24 bits per heavy atom. The van der Waals surface area contributed by atoms with Gasteiger partial charge < -0.3 is 4.90 Å². The van der Waals surface area contributed by atoms with Crippen molar-refractivity contribution in [3.05, 3.63) is 28.0 Å². The fraction of sp³-hybridized carbons (Fsp3) is 0.588. The Bertz CT molecular complexity index is 834. The number of carbonyl (C=O) groups excluding carboxylic acids is 1. The Morgan fingerprint density at radius 2 is 1.80 bits per heavy atom. The maximum atomic E-state index is 14.7. The average Bonchev–Trinajstić information content (AvgIpc) is 3.03. The smallest absolute Gasteiger partial charge is 0.269 e. The van der Waals surface area contributed by atoms with Crippen LogP contribution >= 0.6 is 15.9 Å². The quantitative estimate of drug-likeness (QED) is 0.795. The molecule has 4 rings (SSSR count). The second-order valence-corrected chi connectivity index (χ2v) is 10.6. The molecule has 1 aromatic carbocycles. The molecule has 1 N–H and O–H groups in total. The van der Waals surface area contributed by atoms with Crippen LogP contribution in [0.1, 0.15) is 55.8 Å². The monoisotopic (exact) mass is 430 g/mol. The summed E-state index contributed by atoms with van der Waals surface area (Å²) < 4.78 is 41.1. The van der Waals surface area contributed by atoms with E-state index in [1.54, 1.807) is 13.0 Å². The Labute approximate surface area is 155 Å². The lowest BCUT2D eigenvalue weighted by atomic mass is 10.0. The highest BCUT2D eigenvalue weighted by molar-refractivity contribution is 9.10. The molecule has 136 valence electrons. The van der Waals surface area contributed by atoms with Crippen LogP contribution < -0.4 is 9.62 Å². The molecule has 25 heavy (non-hydrogen) atoms. The van der Waals surface area contributed by atoms with Crippen molar-refractivity contribution < 1.29 is 17.6 Å². The van der Waals surface area contributed by atoms with Gasteiger partial charge in [-0.1, -0.05) is 15.9 Å². The Balaban J connectivity index is 1.73. The first-order chi connectivity index (χ1) is 11.7. The third-order valence-electron chi connectivity index (χ3n) is 5.82. The van der Waals surface area contributed by atoms with E-state index in [4.69, 9.17) is 0 Å². The van der Waals surface area contributed by atoms with Crippen molar-refractivity contribution in [3.63, 3.8) is 0 Å². The zero-order valence-corrected chi connectivity index (χ0v) is 16.3. The van der Waals surface area contributed by atoms with Gasteiger partial charge in [0.1, 0.15) is 5.82 Å². The molecule has 5 nitrogen and oxygen atoms in total. The van der Waals surface area contributed by atoms with Crippen LogP contribution in [0, 0.1) is 5.82 Å².